The Morgan fingerprint density at radius 2 is 2.04 bits per heavy atom. The van der Waals surface area contributed by atoms with Crippen LogP contribution in [-0.4, -0.2) is 42.6 Å². The number of hydrogen-bond donors (Lipinski definition) is 0. The maximum Gasteiger partial charge on any atom is 0.328 e. The fraction of sp³-hybridized carbons (Fsp3) is 0.294. The minimum Gasteiger partial charge on any atom is -0.485 e. The Balaban J connectivity index is 1.79. The maximum absolute atomic E-state index is 13.7. The molecule has 1 aliphatic rings. The van der Waals surface area contributed by atoms with Crippen molar-refractivity contribution in [3.8, 4) is 5.75 Å². The standard InChI is InChI=1S/C17H16FNO4S/c1-22-17(21)13-9-11(23-14-6-3-2-5-12(14)18)10-19(13)16(20)15-7-4-8-24-15/h2-8,11,13H,9-10H2,1H3/t11-,13+/m0/s1. The molecule has 0 saturated carbocycles. The topological polar surface area (TPSA) is 55.8 Å². The number of para-hydroxylation sites is 1. The second-order valence-corrected chi connectivity index (χ2v) is 6.33. The largest absolute Gasteiger partial charge is 0.485 e. The first kappa shape index (κ1) is 16.4. The molecule has 24 heavy (non-hydrogen) atoms. The van der Waals surface area contributed by atoms with Crippen LogP contribution in [0.1, 0.15) is 16.1 Å². The molecule has 0 aliphatic carbocycles. The Morgan fingerprint density at radius 3 is 2.71 bits per heavy atom. The molecule has 2 aromatic rings. The highest BCUT2D eigenvalue weighted by atomic mass is 32.1. The molecule has 7 heteroatoms. The number of benzene rings is 1. The van der Waals surface area contributed by atoms with E-state index >= 15 is 0 Å². The fourth-order valence-electron chi connectivity index (χ4n) is 2.73. The first-order valence-corrected chi connectivity index (χ1v) is 8.31. The molecule has 5 nitrogen and oxygen atoms in total. The first-order chi connectivity index (χ1) is 11.6. The lowest BCUT2D eigenvalue weighted by Gasteiger charge is -2.21. The molecule has 0 N–H and O–H groups in total. The summed E-state index contributed by atoms with van der Waals surface area (Å²) < 4.78 is 24.2. The van der Waals surface area contributed by atoms with Crippen LogP contribution in [0, 0.1) is 5.82 Å². The van der Waals surface area contributed by atoms with Crippen LogP contribution >= 0.6 is 11.3 Å². The van der Waals surface area contributed by atoms with E-state index in [-0.39, 0.29) is 24.6 Å². The summed E-state index contributed by atoms with van der Waals surface area (Å²) in [5, 5.41) is 1.80. The summed E-state index contributed by atoms with van der Waals surface area (Å²) >= 11 is 1.30. The molecule has 126 valence electrons. The van der Waals surface area contributed by atoms with Crippen LogP contribution in [0.2, 0.25) is 0 Å². The number of thiophene rings is 1. The van der Waals surface area contributed by atoms with Gasteiger partial charge in [0.1, 0.15) is 12.1 Å². The van der Waals surface area contributed by atoms with Gasteiger partial charge in [-0.2, -0.15) is 0 Å². The number of nitrogens with zero attached hydrogens (tertiary/aromatic N) is 1. The summed E-state index contributed by atoms with van der Waals surface area (Å²) in [5.74, 6) is -1.12. The average Bonchev–Trinajstić information content (AvgIpc) is 3.25. The number of halogens is 1. The number of hydrogen-bond acceptors (Lipinski definition) is 5. The SMILES string of the molecule is COC(=O)[C@H]1C[C@H](Oc2ccccc2F)CN1C(=O)c1cccs1. The fourth-order valence-corrected chi connectivity index (χ4v) is 3.41. The van der Waals surface area contributed by atoms with Gasteiger partial charge in [0.25, 0.3) is 5.91 Å². The summed E-state index contributed by atoms with van der Waals surface area (Å²) in [5.41, 5.74) is 0. The molecule has 0 spiro atoms. The molecule has 1 aliphatic heterocycles. The van der Waals surface area contributed by atoms with E-state index in [0.29, 0.717) is 4.88 Å². The highest BCUT2D eigenvalue weighted by molar-refractivity contribution is 7.12. The van der Waals surface area contributed by atoms with Crippen molar-refractivity contribution in [1.29, 1.82) is 0 Å². The van der Waals surface area contributed by atoms with Gasteiger partial charge >= 0.3 is 5.97 Å². The van der Waals surface area contributed by atoms with Crippen LogP contribution in [-0.2, 0) is 9.53 Å². The number of likely N-dealkylation sites (tertiary alicyclic amines) is 1. The van der Waals surface area contributed by atoms with Crippen LogP contribution in [0.3, 0.4) is 0 Å². The first-order valence-electron chi connectivity index (χ1n) is 7.43. The average molecular weight is 349 g/mol. The summed E-state index contributed by atoms with van der Waals surface area (Å²) in [7, 11) is 1.28. The van der Waals surface area contributed by atoms with E-state index < -0.39 is 23.9 Å². The summed E-state index contributed by atoms with van der Waals surface area (Å²) in [4.78, 5) is 26.6. The van der Waals surface area contributed by atoms with Gasteiger partial charge in [0.2, 0.25) is 0 Å². The van der Waals surface area contributed by atoms with Gasteiger partial charge in [-0.1, -0.05) is 18.2 Å². The third kappa shape index (κ3) is 3.26. The van der Waals surface area contributed by atoms with Crippen molar-refractivity contribution in [2.45, 2.75) is 18.6 Å². The van der Waals surface area contributed by atoms with Gasteiger partial charge in [0, 0.05) is 6.42 Å². The van der Waals surface area contributed by atoms with Crippen LogP contribution in [0.5, 0.6) is 5.75 Å². The van der Waals surface area contributed by atoms with Crippen molar-refractivity contribution < 1.29 is 23.5 Å². The van der Waals surface area contributed by atoms with E-state index in [4.69, 9.17) is 9.47 Å². The minimum absolute atomic E-state index is 0.108. The van der Waals surface area contributed by atoms with E-state index in [0.717, 1.165) is 0 Å². The van der Waals surface area contributed by atoms with Gasteiger partial charge in [-0.25, -0.2) is 9.18 Å². The smallest absolute Gasteiger partial charge is 0.328 e. The van der Waals surface area contributed by atoms with Crippen LogP contribution in [0.4, 0.5) is 4.39 Å². The Hall–Kier alpha value is -2.41. The predicted octanol–water partition coefficient (Wildman–Crippen LogP) is 2.72. The monoisotopic (exact) mass is 349 g/mol. The molecule has 1 aromatic carbocycles. The van der Waals surface area contributed by atoms with Gasteiger partial charge < -0.3 is 14.4 Å². The van der Waals surface area contributed by atoms with Gasteiger partial charge in [-0.3, -0.25) is 4.79 Å². The number of methoxy groups -OCH3 is 1. The van der Waals surface area contributed by atoms with Gasteiger partial charge in [-0.15, -0.1) is 11.3 Å². The number of carbonyl (C=O) groups excluding carboxylic acids is 2. The maximum atomic E-state index is 13.7. The lowest BCUT2D eigenvalue weighted by Crippen LogP contribution is -2.41. The summed E-state index contributed by atoms with van der Waals surface area (Å²) in [6, 6.07) is 8.80. The van der Waals surface area contributed by atoms with Crippen LogP contribution in [0.15, 0.2) is 41.8 Å². The van der Waals surface area contributed by atoms with Crippen molar-refractivity contribution >= 4 is 23.2 Å². The van der Waals surface area contributed by atoms with Crippen molar-refractivity contribution in [3.05, 3.63) is 52.5 Å². The second kappa shape index (κ2) is 7.00. The minimum atomic E-state index is -0.735. The van der Waals surface area contributed by atoms with E-state index in [9.17, 15) is 14.0 Å². The van der Waals surface area contributed by atoms with Crippen LogP contribution in [0.25, 0.3) is 0 Å². The van der Waals surface area contributed by atoms with Crippen molar-refractivity contribution in [2.75, 3.05) is 13.7 Å². The lowest BCUT2D eigenvalue weighted by molar-refractivity contribution is -0.145. The lowest BCUT2D eigenvalue weighted by atomic mass is 10.2. The zero-order valence-corrected chi connectivity index (χ0v) is 13.8. The van der Waals surface area contributed by atoms with Gasteiger partial charge in [-0.05, 0) is 23.6 Å². The number of ether oxygens (including phenoxy) is 2. The molecule has 0 unspecified atom stereocenters. The second-order valence-electron chi connectivity index (χ2n) is 5.38. The molecule has 2 atom stereocenters. The predicted molar refractivity (Wildman–Crippen MR) is 86.6 cm³/mol. The molecule has 3 rings (SSSR count). The molecular weight excluding hydrogens is 333 g/mol. The third-order valence-corrected chi connectivity index (χ3v) is 4.72. The highest BCUT2D eigenvalue weighted by Crippen LogP contribution is 2.27. The van der Waals surface area contributed by atoms with E-state index in [1.165, 1.54) is 35.5 Å². The molecule has 1 amide bonds. The number of carbonyl (C=O) groups is 2. The Bertz CT molecular complexity index is 734. The zero-order chi connectivity index (χ0) is 17.1. The Kier molecular flexibility index (Phi) is 4.80. The molecular formula is C17H16FNO4S. The van der Waals surface area contributed by atoms with Crippen molar-refractivity contribution in [3.63, 3.8) is 0 Å². The summed E-state index contributed by atoms with van der Waals surface area (Å²) in [6.07, 6.45) is -0.215. The third-order valence-electron chi connectivity index (χ3n) is 3.86. The number of esters is 1. The van der Waals surface area contributed by atoms with Gasteiger partial charge in [0.15, 0.2) is 11.6 Å². The molecule has 1 fully saturated rings. The normalized spacial score (nSPS) is 20.0. The Labute approximate surface area is 142 Å². The molecule has 2 heterocycles. The molecule has 1 saturated heterocycles. The Morgan fingerprint density at radius 1 is 1.25 bits per heavy atom. The number of amides is 1. The van der Waals surface area contributed by atoms with E-state index in [1.807, 2.05) is 0 Å². The molecule has 0 radical (unpaired) electrons. The van der Waals surface area contributed by atoms with Crippen molar-refractivity contribution in [1.82, 2.24) is 4.90 Å². The highest BCUT2D eigenvalue weighted by Gasteiger charge is 2.42. The molecule has 0 bridgehead atoms. The quantitative estimate of drug-likeness (QED) is 0.797. The number of rotatable bonds is 4. The zero-order valence-electron chi connectivity index (χ0n) is 13.0. The van der Waals surface area contributed by atoms with E-state index in [2.05, 4.69) is 0 Å². The molecule has 1 aromatic heterocycles. The summed E-state index contributed by atoms with van der Waals surface area (Å²) in [6.45, 7) is 0.199. The van der Waals surface area contributed by atoms with E-state index in [1.54, 1.807) is 29.6 Å². The van der Waals surface area contributed by atoms with Crippen LogP contribution < -0.4 is 4.74 Å². The van der Waals surface area contributed by atoms with Gasteiger partial charge in [0.05, 0.1) is 18.5 Å². The van der Waals surface area contributed by atoms with Crippen molar-refractivity contribution in [2.24, 2.45) is 0 Å².